The Labute approximate surface area is 84.5 Å². The summed E-state index contributed by atoms with van der Waals surface area (Å²) in [6.45, 7) is 3.43. The van der Waals surface area contributed by atoms with Crippen LogP contribution in [-0.4, -0.2) is 31.1 Å². The average Bonchev–Trinajstić information content (AvgIpc) is 1.77. The SMILES string of the molecule is C[C@@H](N)C(=O)NC1CNC1.Cl.Cl. The van der Waals surface area contributed by atoms with Crippen LogP contribution in [0.3, 0.4) is 0 Å². The fraction of sp³-hybridized carbons (Fsp3) is 0.833. The zero-order valence-electron chi connectivity index (χ0n) is 6.87. The molecule has 0 aromatic heterocycles. The molecular weight excluding hydrogens is 201 g/mol. The van der Waals surface area contributed by atoms with E-state index in [0.717, 1.165) is 13.1 Å². The molecule has 0 aromatic carbocycles. The Kier molecular flexibility index (Phi) is 7.83. The highest BCUT2D eigenvalue weighted by Crippen LogP contribution is 1.90. The Balaban J connectivity index is 0. The molecular formula is C6H15Cl2N3O. The van der Waals surface area contributed by atoms with Crippen LogP contribution in [0.25, 0.3) is 0 Å². The lowest BCUT2D eigenvalue weighted by Gasteiger charge is -2.28. The van der Waals surface area contributed by atoms with E-state index in [1.807, 2.05) is 0 Å². The lowest BCUT2D eigenvalue weighted by atomic mass is 10.1. The number of rotatable bonds is 2. The third-order valence-electron chi connectivity index (χ3n) is 1.54. The van der Waals surface area contributed by atoms with Crippen molar-refractivity contribution in [2.45, 2.75) is 19.0 Å². The molecule has 1 atom stereocenters. The molecule has 1 amide bonds. The second-order valence-corrected chi connectivity index (χ2v) is 2.65. The molecule has 4 N–H and O–H groups in total. The van der Waals surface area contributed by atoms with Crippen LogP contribution in [0, 0.1) is 0 Å². The van der Waals surface area contributed by atoms with Crippen molar-refractivity contribution in [3.63, 3.8) is 0 Å². The minimum atomic E-state index is -0.388. The van der Waals surface area contributed by atoms with Crippen molar-refractivity contribution < 1.29 is 4.79 Å². The second kappa shape index (κ2) is 6.48. The summed E-state index contributed by atoms with van der Waals surface area (Å²) >= 11 is 0. The molecule has 4 nitrogen and oxygen atoms in total. The van der Waals surface area contributed by atoms with Gasteiger partial charge in [-0.25, -0.2) is 0 Å². The molecule has 1 aliphatic rings. The molecule has 0 spiro atoms. The molecule has 0 radical (unpaired) electrons. The summed E-state index contributed by atoms with van der Waals surface area (Å²) in [5, 5.41) is 5.84. The highest BCUT2D eigenvalue weighted by Gasteiger charge is 2.19. The molecule has 0 bridgehead atoms. The molecule has 6 heteroatoms. The number of nitrogens with two attached hydrogens (primary N) is 1. The highest BCUT2D eigenvalue weighted by atomic mass is 35.5. The second-order valence-electron chi connectivity index (χ2n) is 2.65. The maximum absolute atomic E-state index is 10.9. The fourth-order valence-corrected chi connectivity index (χ4v) is 0.723. The van der Waals surface area contributed by atoms with E-state index >= 15 is 0 Å². The molecule has 0 saturated carbocycles. The molecule has 1 heterocycles. The predicted octanol–water partition coefficient (Wildman–Crippen LogP) is -0.735. The van der Waals surface area contributed by atoms with Crippen LogP contribution in [-0.2, 0) is 4.79 Å². The molecule has 74 valence electrons. The topological polar surface area (TPSA) is 67.2 Å². The molecule has 1 fully saturated rings. The molecule has 12 heavy (non-hydrogen) atoms. The van der Waals surface area contributed by atoms with Crippen molar-refractivity contribution >= 4 is 30.7 Å². The summed E-state index contributed by atoms with van der Waals surface area (Å²) in [4.78, 5) is 10.9. The summed E-state index contributed by atoms with van der Waals surface area (Å²) in [5.41, 5.74) is 5.33. The zero-order valence-corrected chi connectivity index (χ0v) is 8.50. The maximum Gasteiger partial charge on any atom is 0.236 e. The first-order chi connectivity index (χ1) is 4.70. The van der Waals surface area contributed by atoms with E-state index in [2.05, 4.69) is 10.6 Å². The van der Waals surface area contributed by atoms with Gasteiger partial charge in [0.2, 0.25) is 5.91 Å². The highest BCUT2D eigenvalue weighted by molar-refractivity contribution is 5.85. The summed E-state index contributed by atoms with van der Waals surface area (Å²) < 4.78 is 0. The first-order valence-corrected chi connectivity index (χ1v) is 3.47. The Morgan fingerprint density at radius 1 is 1.58 bits per heavy atom. The van der Waals surface area contributed by atoms with Gasteiger partial charge < -0.3 is 16.4 Å². The number of hydrogen-bond acceptors (Lipinski definition) is 3. The predicted molar refractivity (Wildman–Crippen MR) is 52.9 cm³/mol. The number of nitrogens with one attached hydrogen (secondary N) is 2. The third-order valence-corrected chi connectivity index (χ3v) is 1.54. The van der Waals surface area contributed by atoms with Gasteiger partial charge in [0.05, 0.1) is 12.1 Å². The fourth-order valence-electron chi connectivity index (χ4n) is 0.723. The van der Waals surface area contributed by atoms with Gasteiger partial charge in [0, 0.05) is 13.1 Å². The summed E-state index contributed by atoms with van der Waals surface area (Å²) in [6, 6.07) is -0.0842. The summed E-state index contributed by atoms with van der Waals surface area (Å²) in [5.74, 6) is -0.0634. The smallest absolute Gasteiger partial charge is 0.236 e. The molecule has 1 saturated heterocycles. The van der Waals surface area contributed by atoms with Crippen LogP contribution >= 0.6 is 24.8 Å². The summed E-state index contributed by atoms with van der Waals surface area (Å²) in [6.07, 6.45) is 0. The third kappa shape index (κ3) is 4.11. The van der Waals surface area contributed by atoms with Crippen molar-refractivity contribution in [3.8, 4) is 0 Å². The van der Waals surface area contributed by atoms with Gasteiger partial charge in [0.15, 0.2) is 0 Å². The number of amides is 1. The van der Waals surface area contributed by atoms with Crippen LogP contribution in [0.15, 0.2) is 0 Å². The van der Waals surface area contributed by atoms with E-state index in [1.54, 1.807) is 6.92 Å². The lowest BCUT2D eigenvalue weighted by Crippen LogP contribution is -2.59. The molecule has 0 unspecified atom stereocenters. The van der Waals surface area contributed by atoms with E-state index in [1.165, 1.54) is 0 Å². The van der Waals surface area contributed by atoms with Crippen LogP contribution in [0.2, 0.25) is 0 Å². The number of carbonyl (C=O) groups excluding carboxylic acids is 1. The van der Waals surface area contributed by atoms with Crippen molar-refractivity contribution in [1.29, 1.82) is 0 Å². The van der Waals surface area contributed by atoms with Crippen molar-refractivity contribution in [2.24, 2.45) is 5.73 Å². The number of halogens is 2. The van der Waals surface area contributed by atoms with Crippen LogP contribution in [0.4, 0.5) is 0 Å². The number of carbonyl (C=O) groups is 1. The van der Waals surface area contributed by atoms with E-state index in [9.17, 15) is 4.79 Å². The monoisotopic (exact) mass is 215 g/mol. The van der Waals surface area contributed by atoms with E-state index in [0.29, 0.717) is 6.04 Å². The van der Waals surface area contributed by atoms with Gasteiger partial charge >= 0.3 is 0 Å². The molecule has 1 aliphatic heterocycles. The quantitative estimate of drug-likeness (QED) is 0.569. The lowest BCUT2D eigenvalue weighted by molar-refractivity contribution is -0.123. The first kappa shape index (κ1) is 14.5. The van der Waals surface area contributed by atoms with Gasteiger partial charge in [-0.1, -0.05) is 0 Å². The van der Waals surface area contributed by atoms with Gasteiger partial charge in [-0.05, 0) is 6.92 Å². The van der Waals surface area contributed by atoms with Gasteiger partial charge in [-0.15, -0.1) is 24.8 Å². The standard InChI is InChI=1S/C6H13N3O.2ClH/c1-4(7)6(10)9-5-2-8-3-5;;/h4-5,8H,2-3,7H2,1H3,(H,9,10);2*1H/t4-;;/m1../s1. The average molecular weight is 216 g/mol. The first-order valence-electron chi connectivity index (χ1n) is 3.47. The minimum absolute atomic E-state index is 0. The molecule has 0 aliphatic carbocycles. The Bertz CT molecular complexity index is 139. The van der Waals surface area contributed by atoms with Crippen LogP contribution in [0.1, 0.15) is 6.92 Å². The van der Waals surface area contributed by atoms with Crippen LogP contribution in [0.5, 0.6) is 0 Å². The van der Waals surface area contributed by atoms with Gasteiger partial charge in [-0.2, -0.15) is 0 Å². The molecule has 0 aromatic rings. The van der Waals surface area contributed by atoms with Crippen molar-refractivity contribution in [3.05, 3.63) is 0 Å². The van der Waals surface area contributed by atoms with Gasteiger partial charge in [-0.3, -0.25) is 4.79 Å². The largest absolute Gasteiger partial charge is 0.349 e. The Hall–Kier alpha value is -0.0300. The van der Waals surface area contributed by atoms with Crippen LogP contribution < -0.4 is 16.4 Å². The zero-order chi connectivity index (χ0) is 7.56. The Morgan fingerprint density at radius 3 is 2.33 bits per heavy atom. The van der Waals surface area contributed by atoms with E-state index in [4.69, 9.17) is 5.73 Å². The van der Waals surface area contributed by atoms with Gasteiger partial charge in [0.1, 0.15) is 0 Å². The molecule has 1 rings (SSSR count). The van der Waals surface area contributed by atoms with E-state index in [-0.39, 0.29) is 36.8 Å². The number of hydrogen-bond donors (Lipinski definition) is 3. The van der Waals surface area contributed by atoms with Gasteiger partial charge in [0.25, 0.3) is 0 Å². The van der Waals surface area contributed by atoms with Crippen molar-refractivity contribution in [1.82, 2.24) is 10.6 Å². The normalized spacial score (nSPS) is 17.8. The maximum atomic E-state index is 10.9. The van der Waals surface area contributed by atoms with Crippen molar-refractivity contribution in [2.75, 3.05) is 13.1 Å². The summed E-state index contributed by atoms with van der Waals surface area (Å²) in [7, 11) is 0. The Morgan fingerprint density at radius 2 is 2.08 bits per heavy atom. The minimum Gasteiger partial charge on any atom is -0.349 e. The van der Waals surface area contributed by atoms with E-state index < -0.39 is 0 Å².